The van der Waals surface area contributed by atoms with Gasteiger partial charge in [0.25, 0.3) is 0 Å². The van der Waals surface area contributed by atoms with Crippen LogP contribution in [0.2, 0.25) is 0 Å². The predicted molar refractivity (Wildman–Crippen MR) is 107 cm³/mol. The van der Waals surface area contributed by atoms with E-state index in [2.05, 4.69) is 41.6 Å². The summed E-state index contributed by atoms with van der Waals surface area (Å²) in [5.41, 5.74) is 0.986. The second kappa shape index (κ2) is 8.74. The Kier molecular flexibility index (Phi) is 6.38. The van der Waals surface area contributed by atoms with Crippen LogP contribution in [0.5, 0.6) is 0 Å². The zero-order valence-electron chi connectivity index (χ0n) is 14.3. The maximum Gasteiger partial charge on any atom is 0.236 e. The molecule has 1 amide bonds. The van der Waals surface area contributed by atoms with Crippen LogP contribution in [0.3, 0.4) is 0 Å². The third kappa shape index (κ3) is 4.49. The molecule has 0 unspecified atom stereocenters. The van der Waals surface area contributed by atoms with Crippen LogP contribution in [0.25, 0.3) is 11.4 Å². The fraction of sp³-hybridized carbons (Fsp3) is 0.312. The van der Waals surface area contributed by atoms with E-state index in [0.717, 1.165) is 33.8 Å². The van der Waals surface area contributed by atoms with Gasteiger partial charge < -0.3 is 4.57 Å². The first-order chi connectivity index (χ1) is 12.6. The number of anilines is 1. The number of thioether (sulfide) groups is 1. The lowest BCUT2D eigenvalue weighted by Gasteiger charge is -2.07. The number of hydrogen-bond donors (Lipinski definition) is 1. The molecule has 0 aliphatic rings. The molecule has 0 saturated carbocycles. The van der Waals surface area contributed by atoms with Crippen LogP contribution in [-0.2, 0) is 17.8 Å². The Balaban J connectivity index is 1.66. The minimum absolute atomic E-state index is 0.135. The van der Waals surface area contributed by atoms with Crippen molar-refractivity contribution in [3.63, 3.8) is 0 Å². The van der Waals surface area contributed by atoms with Crippen molar-refractivity contribution in [2.45, 2.75) is 32.0 Å². The molecule has 0 fully saturated rings. The van der Waals surface area contributed by atoms with Gasteiger partial charge in [-0.1, -0.05) is 58.1 Å². The first-order valence-electron chi connectivity index (χ1n) is 8.04. The van der Waals surface area contributed by atoms with Crippen molar-refractivity contribution in [1.29, 1.82) is 0 Å². The van der Waals surface area contributed by atoms with Crippen LogP contribution in [0, 0.1) is 0 Å². The molecular weight excluding hydrogens is 436 g/mol. The summed E-state index contributed by atoms with van der Waals surface area (Å²) >= 11 is 6.18. The van der Waals surface area contributed by atoms with E-state index in [1.165, 1.54) is 23.1 Å². The number of rotatable bonds is 7. The van der Waals surface area contributed by atoms with Crippen molar-refractivity contribution in [2.75, 3.05) is 11.1 Å². The molecule has 3 rings (SSSR count). The van der Waals surface area contributed by atoms with Gasteiger partial charge in [-0.05, 0) is 25.5 Å². The van der Waals surface area contributed by atoms with Gasteiger partial charge >= 0.3 is 0 Å². The molecule has 1 N–H and O–H groups in total. The molecule has 2 heterocycles. The summed E-state index contributed by atoms with van der Waals surface area (Å²) < 4.78 is 3.01. The third-order valence-corrected chi connectivity index (χ3v) is 5.96. The van der Waals surface area contributed by atoms with Crippen LogP contribution in [0.15, 0.2) is 33.9 Å². The zero-order valence-corrected chi connectivity index (χ0v) is 17.5. The molecule has 136 valence electrons. The fourth-order valence-electron chi connectivity index (χ4n) is 2.23. The highest BCUT2D eigenvalue weighted by atomic mass is 79.9. The van der Waals surface area contributed by atoms with Gasteiger partial charge in [0.15, 0.2) is 11.0 Å². The summed E-state index contributed by atoms with van der Waals surface area (Å²) in [5, 5.41) is 21.4. The van der Waals surface area contributed by atoms with E-state index in [9.17, 15) is 4.79 Å². The van der Waals surface area contributed by atoms with E-state index in [4.69, 9.17) is 0 Å². The Hall–Kier alpha value is -1.78. The zero-order chi connectivity index (χ0) is 18.5. The van der Waals surface area contributed by atoms with Crippen molar-refractivity contribution in [2.24, 2.45) is 0 Å². The van der Waals surface area contributed by atoms with E-state index in [-0.39, 0.29) is 11.7 Å². The number of nitrogens with zero attached hydrogens (tertiary/aromatic N) is 5. The third-order valence-electron chi connectivity index (χ3n) is 3.48. The van der Waals surface area contributed by atoms with Gasteiger partial charge in [-0.25, -0.2) is 0 Å². The van der Waals surface area contributed by atoms with Gasteiger partial charge in [-0.2, -0.15) is 0 Å². The van der Waals surface area contributed by atoms with Crippen LogP contribution in [0.1, 0.15) is 18.9 Å². The average molecular weight is 453 g/mol. The second-order valence-electron chi connectivity index (χ2n) is 5.25. The number of aryl methyl sites for hydroxylation is 1. The number of carbonyl (C=O) groups is 1. The van der Waals surface area contributed by atoms with E-state index < -0.39 is 0 Å². The minimum Gasteiger partial charge on any atom is -0.302 e. The molecule has 7 nitrogen and oxygen atoms in total. The van der Waals surface area contributed by atoms with Crippen LogP contribution < -0.4 is 5.32 Å². The number of carbonyl (C=O) groups excluding carboxylic acids is 1. The summed E-state index contributed by atoms with van der Waals surface area (Å²) in [6, 6.07) is 7.91. The Morgan fingerprint density at radius 1 is 1.19 bits per heavy atom. The second-order valence-corrected chi connectivity index (χ2v) is 8.17. The Morgan fingerprint density at radius 2 is 1.96 bits per heavy atom. The van der Waals surface area contributed by atoms with Gasteiger partial charge in [0.05, 0.1) is 5.75 Å². The molecule has 0 saturated heterocycles. The number of aromatic nitrogens is 5. The van der Waals surface area contributed by atoms with Gasteiger partial charge in [0, 0.05) is 16.6 Å². The summed E-state index contributed by atoms with van der Waals surface area (Å²) in [6.45, 7) is 4.75. The summed E-state index contributed by atoms with van der Waals surface area (Å²) in [6.07, 6.45) is 0.806. The van der Waals surface area contributed by atoms with Crippen LogP contribution in [-0.4, -0.2) is 36.6 Å². The molecule has 0 radical (unpaired) electrons. The Morgan fingerprint density at radius 3 is 2.62 bits per heavy atom. The molecule has 2 aromatic heterocycles. The number of hydrogen-bond acceptors (Lipinski definition) is 7. The standard InChI is InChI=1S/C16H17BrN6OS2/c1-3-13-19-21-15(26-13)18-12(24)9-25-16-22-20-14(23(16)4-2)10-5-7-11(17)8-6-10/h5-8H,3-4,9H2,1-2H3,(H,18,21,24). The number of amides is 1. The first-order valence-corrected chi connectivity index (χ1v) is 10.6. The maximum absolute atomic E-state index is 12.1. The molecule has 3 aromatic rings. The topological polar surface area (TPSA) is 85.6 Å². The van der Waals surface area contributed by atoms with Gasteiger partial charge in [0.2, 0.25) is 11.0 Å². The summed E-state index contributed by atoms with van der Waals surface area (Å²) in [4.78, 5) is 12.1. The summed E-state index contributed by atoms with van der Waals surface area (Å²) in [5.74, 6) is 0.892. The number of benzene rings is 1. The first kappa shape index (κ1) is 19.0. The highest BCUT2D eigenvalue weighted by molar-refractivity contribution is 9.10. The number of nitrogens with one attached hydrogen (secondary N) is 1. The smallest absolute Gasteiger partial charge is 0.236 e. The van der Waals surface area contributed by atoms with E-state index in [1.54, 1.807) is 0 Å². The lowest BCUT2D eigenvalue weighted by Crippen LogP contribution is -2.14. The van der Waals surface area contributed by atoms with Crippen molar-refractivity contribution < 1.29 is 4.79 Å². The summed E-state index contributed by atoms with van der Waals surface area (Å²) in [7, 11) is 0. The molecule has 0 bridgehead atoms. The quantitative estimate of drug-likeness (QED) is 0.547. The Labute approximate surface area is 167 Å². The van der Waals surface area contributed by atoms with Gasteiger partial charge in [-0.3, -0.25) is 10.1 Å². The molecule has 10 heteroatoms. The normalized spacial score (nSPS) is 10.9. The van der Waals surface area contributed by atoms with Crippen LogP contribution in [0.4, 0.5) is 5.13 Å². The van der Waals surface area contributed by atoms with Crippen molar-refractivity contribution in [3.8, 4) is 11.4 Å². The largest absolute Gasteiger partial charge is 0.302 e. The van der Waals surface area contributed by atoms with Gasteiger partial charge in [0.1, 0.15) is 5.01 Å². The SMILES string of the molecule is CCc1nnc(NC(=O)CSc2nnc(-c3ccc(Br)cc3)n2CC)s1. The van der Waals surface area contributed by atoms with Crippen molar-refractivity contribution in [1.82, 2.24) is 25.0 Å². The molecule has 0 aliphatic carbocycles. The monoisotopic (exact) mass is 452 g/mol. The average Bonchev–Trinajstić information content (AvgIpc) is 3.26. The van der Waals surface area contributed by atoms with Crippen molar-refractivity contribution >= 4 is 50.1 Å². The molecular formula is C16H17BrN6OS2. The molecule has 0 spiro atoms. The van der Waals surface area contributed by atoms with Gasteiger partial charge in [-0.15, -0.1) is 20.4 Å². The molecule has 1 aromatic carbocycles. The predicted octanol–water partition coefficient (Wildman–Crippen LogP) is 3.87. The molecule has 26 heavy (non-hydrogen) atoms. The van der Waals surface area contributed by atoms with Crippen molar-refractivity contribution in [3.05, 3.63) is 33.7 Å². The minimum atomic E-state index is -0.135. The maximum atomic E-state index is 12.1. The molecule has 0 aliphatic heterocycles. The highest BCUT2D eigenvalue weighted by Crippen LogP contribution is 2.25. The highest BCUT2D eigenvalue weighted by Gasteiger charge is 2.15. The van der Waals surface area contributed by atoms with Crippen LogP contribution >= 0.6 is 39.0 Å². The van der Waals surface area contributed by atoms with E-state index in [0.29, 0.717) is 10.3 Å². The lowest BCUT2D eigenvalue weighted by molar-refractivity contribution is -0.113. The Bertz CT molecular complexity index is 893. The molecule has 0 atom stereocenters. The lowest BCUT2D eigenvalue weighted by atomic mass is 10.2. The fourth-order valence-corrected chi connectivity index (χ4v) is 3.99. The van der Waals surface area contributed by atoms with E-state index >= 15 is 0 Å². The number of halogens is 1. The van der Waals surface area contributed by atoms with E-state index in [1.807, 2.05) is 42.7 Å².